The van der Waals surface area contributed by atoms with E-state index in [-0.39, 0.29) is 0 Å². The van der Waals surface area contributed by atoms with Gasteiger partial charge in [0, 0.05) is 41.1 Å². The van der Waals surface area contributed by atoms with Crippen LogP contribution in [-0.2, 0) is 13.1 Å². The number of hydrogen-bond acceptors (Lipinski definition) is 2. The molecule has 31 heavy (non-hydrogen) atoms. The summed E-state index contributed by atoms with van der Waals surface area (Å²) in [5.74, 6) is -0.588. The van der Waals surface area contributed by atoms with E-state index in [0.717, 1.165) is 28.6 Å². The zero-order valence-corrected chi connectivity index (χ0v) is 18.1. The average molecular weight is 433 g/mol. The molecule has 4 nitrogen and oxygen atoms in total. The molecule has 1 unspecified atom stereocenters. The molecule has 1 aromatic heterocycles. The third-order valence-corrected chi connectivity index (χ3v) is 5.91. The van der Waals surface area contributed by atoms with Gasteiger partial charge in [-0.2, -0.15) is 0 Å². The molecule has 0 amide bonds. The van der Waals surface area contributed by atoms with Crippen LogP contribution in [0.15, 0.2) is 78.9 Å². The lowest BCUT2D eigenvalue weighted by Gasteiger charge is -2.14. The summed E-state index contributed by atoms with van der Waals surface area (Å²) < 4.78 is 1.89. The molecule has 4 aromatic rings. The van der Waals surface area contributed by atoms with Crippen LogP contribution >= 0.6 is 11.6 Å². The van der Waals surface area contributed by atoms with Crippen LogP contribution in [0.2, 0.25) is 5.02 Å². The molecule has 0 aliphatic carbocycles. The minimum absolute atomic E-state index is 0.330. The average Bonchev–Trinajstić information content (AvgIpc) is 3.09. The van der Waals surface area contributed by atoms with E-state index in [1.54, 1.807) is 0 Å². The molecule has 1 heterocycles. The van der Waals surface area contributed by atoms with E-state index < -0.39 is 5.97 Å². The normalized spacial score (nSPS) is 12.2. The zero-order valence-electron chi connectivity index (χ0n) is 17.4. The van der Waals surface area contributed by atoms with E-state index >= 15 is 0 Å². The number of rotatable bonds is 8. The number of nitrogens with zero attached hydrogens (tertiary/aromatic N) is 1. The van der Waals surface area contributed by atoms with Gasteiger partial charge in [0.05, 0.1) is 0 Å². The first-order chi connectivity index (χ1) is 15.0. The maximum absolute atomic E-state index is 12.3. The Morgan fingerprint density at radius 1 is 1.00 bits per heavy atom. The topological polar surface area (TPSA) is 54.3 Å². The molecule has 5 heteroatoms. The summed E-state index contributed by atoms with van der Waals surface area (Å²) in [5, 5.41) is 15.2. The van der Waals surface area contributed by atoms with E-state index in [0.29, 0.717) is 29.7 Å². The van der Waals surface area contributed by atoms with Crippen LogP contribution in [0.4, 0.5) is 0 Å². The minimum atomic E-state index is -0.918. The summed E-state index contributed by atoms with van der Waals surface area (Å²) in [6.07, 6.45) is 0. The van der Waals surface area contributed by atoms with Crippen molar-refractivity contribution in [3.8, 4) is 0 Å². The quantitative estimate of drug-likeness (QED) is 0.362. The molecule has 4 rings (SSSR count). The van der Waals surface area contributed by atoms with Gasteiger partial charge in [-0.1, -0.05) is 79.2 Å². The summed E-state index contributed by atoms with van der Waals surface area (Å²) in [6, 6.07) is 25.7. The molecule has 0 radical (unpaired) electrons. The molecule has 2 N–H and O–H groups in total. The van der Waals surface area contributed by atoms with Gasteiger partial charge >= 0.3 is 5.97 Å². The number of aromatic carboxylic acids is 1. The van der Waals surface area contributed by atoms with Crippen LogP contribution in [-0.4, -0.2) is 22.2 Å². The van der Waals surface area contributed by atoms with Crippen molar-refractivity contribution in [3.63, 3.8) is 0 Å². The number of para-hydroxylation sites is 1. The second-order valence-corrected chi connectivity index (χ2v) is 8.24. The Morgan fingerprint density at radius 3 is 2.39 bits per heavy atom. The summed E-state index contributed by atoms with van der Waals surface area (Å²) in [6.45, 7) is 3.90. The molecule has 0 spiro atoms. The van der Waals surface area contributed by atoms with Gasteiger partial charge < -0.3 is 15.0 Å². The number of hydrogen-bond donors (Lipinski definition) is 2. The third-order valence-electron chi connectivity index (χ3n) is 5.65. The van der Waals surface area contributed by atoms with Gasteiger partial charge in [0.15, 0.2) is 0 Å². The van der Waals surface area contributed by atoms with Crippen molar-refractivity contribution in [2.75, 3.05) is 6.54 Å². The van der Waals surface area contributed by atoms with Crippen molar-refractivity contribution in [2.24, 2.45) is 0 Å². The van der Waals surface area contributed by atoms with Gasteiger partial charge in [-0.15, -0.1) is 0 Å². The highest BCUT2D eigenvalue weighted by atomic mass is 35.5. The predicted octanol–water partition coefficient (Wildman–Crippen LogP) is 5.93. The highest BCUT2D eigenvalue weighted by Crippen LogP contribution is 2.28. The Kier molecular flexibility index (Phi) is 6.40. The molecule has 0 aliphatic rings. The van der Waals surface area contributed by atoms with Crippen LogP contribution in [0, 0.1) is 0 Å². The van der Waals surface area contributed by atoms with Gasteiger partial charge in [0.1, 0.15) is 5.69 Å². The molecule has 0 aliphatic heterocycles. The number of aromatic nitrogens is 1. The van der Waals surface area contributed by atoms with Crippen molar-refractivity contribution in [1.29, 1.82) is 0 Å². The Labute approximate surface area is 187 Å². The standard InChI is InChI=1S/C26H25ClN2O2/c1-18(20-7-3-2-4-8-20)15-28-16-23-22-9-5-6-10-24(22)29(25(23)26(30)31)17-19-11-13-21(27)14-12-19/h2-14,18,28H,15-17H2,1H3,(H,30,31). The first kappa shape index (κ1) is 21.2. The van der Waals surface area contributed by atoms with Crippen LogP contribution in [0.5, 0.6) is 0 Å². The fourth-order valence-electron chi connectivity index (χ4n) is 4.05. The van der Waals surface area contributed by atoms with E-state index in [4.69, 9.17) is 11.6 Å². The number of halogens is 1. The van der Waals surface area contributed by atoms with E-state index in [1.165, 1.54) is 5.56 Å². The molecule has 0 fully saturated rings. The number of benzene rings is 3. The summed E-state index contributed by atoms with van der Waals surface area (Å²) in [4.78, 5) is 12.3. The summed E-state index contributed by atoms with van der Waals surface area (Å²) in [7, 11) is 0. The van der Waals surface area contributed by atoms with Crippen LogP contribution in [0.25, 0.3) is 10.9 Å². The lowest BCUT2D eigenvalue weighted by Crippen LogP contribution is -2.21. The number of carboxylic acids is 1. The lowest BCUT2D eigenvalue weighted by atomic mass is 10.0. The number of carboxylic acid groups (broad SMARTS) is 1. The fraction of sp³-hybridized carbons (Fsp3) is 0.192. The zero-order chi connectivity index (χ0) is 21.8. The SMILES string of the molecule is CC(CNCc1c(C(=O)O)n(Cc2ccc(Cl)cc2)c2ccccc12)c1ccccc1. The second-order valence-electron chi connectivity index (χ2n) is 7.80. The van der Waals surface area contributed by atoms with Crippen LogP contribution in [0.3, 0.4) is 0 Å². The molecule has 0 saturated heterocycles. The maximum atomic E-state index is 12.3. The van der Waals surface area contributed by atoms with Gasteiger partial charge in [-0.05, 0) is 35.2 Å². The van der Waals surface area contributed by atoms with E-state index in [1.807, 2.05) is 71.3 Å². The van der Waals surface area contributed by atoms with E-state index in [2.05, 4.69) is 24.4 Å². The Balaban J connectivity index is 1.64. The molecule has 0 bridgehead atoms. The van der Waals surface area contributed by atoms with Gasteiger partial charge in [-0.3, -0.25) is 0 Å². The lowest BCUT2D eigenvalue weighted by molar-refractivity contribution is 0.0685. The van der Waals surface area contributed by atoms with Crippen molar-refractivity contribution < 1.29 is 9.90 Å². The van der Waals surface area contributed by atoms with E-state index in [9.17, 15) is 9.90 Å². The molecular weight excluding hydrogens is 408 g/mol. The van der Waals surface area contributed by atoms with Gasteiger partial charge in [0.2, 0.25) is 0 Å². The first-order valence-electron chi connectivity index (χ1n) is 10.4. The van der Waals surface area contributed by atoms with Crippen LogP contribution in [0.1, 0.15) is 40.0 Å². The van der Waals surface area contributed by atoms with Crippen molar-refractivity contribution in [2.45, 2.75) is 25.9 Å². The third kappa shape index (κ3) is 4.66. The Morgan fingerprint density at radius 2 is 1.68 bits per heavy atom. The molecular formula is C26H25ClN2O2. The monoisotopic (exact) mass is 432 g/mol. The molecule has 3 aromatic carbocycles. The molecule has 0 saturated carbocycles. The number of fused-ring (bicyclic) bond motifs is 1. The van der Waals surface area contributed by atoms with Gasteiger partial charge in [-0.25, -0.2) is 4.79 Å². The van der Waals surface area contributed by atoms with Crippen molar-refractivity contribution in [1.82, 2.24) is 9.88 Å². The largest absolute Gasteiger partial charge is 0.477 e. The van der Waals surface area contributed by atoms with Gasteiger partial charge in [0.25, 0.3) is 0 Å². The second kappa shape index (κ2) is 9.38. The fourth-order valence-corrected chi connectivity index (χ4v) is 4.17. The van der Waals surface area contributed by atoms with Crippen LogP contribution < -0.4 is 5.32 Å². The number of carbonyl (C=O) groups is 1. The predicted molar refractivity (Wildman–Crippen MR) is 126 cm³/mol. The smallest absolute Gasteiger partial charge is 0.352 e. The molecule has 1 atom stereocenters. The Bertz CT molecular complexity index is 1180. The minimum Gasteiger partial charge on any atom is -0.477 e. The maximum Gasteiger partial charge on any atom is 0.352 e. The molecule has 158 valence electrons. The summed E-state index contributed by atoms with van der Waals surface area (Å²) >= 11 is 6.01. The number of nitrogens with one attached hydrogen (secondary N) is 1. The summed E-state index contributed by atoms with van der Waals surface area (Å²) in [5.41, 5.74) is 4.33. The van der Waals surface area contributed by atoms with Crippen molar-refractivity contribution >= 4 is 28.5 Å². The highest BCUT2D eigenvalue weighted by Gasteiger charge is 2.22. The first-order valence-corrected chi connectivity index (χ1v) is 10.8. The Hall–Kier alpha value is -3.08. The van der Waals surface area contributed by atoms with Crippen molar-refractivity contribution in [3.05, 3.63) is 106 Å². The highest BCUT2D eigenvalue weighted by molar-refractivity contribution is 6.30.